The largest absolute Gasteiger partial charge is 0.388 e. The predicted octanol–water partition coefficient (Wildman–Crippen LogP) is 4.96. The van der Waals surface area contributed by atoms with Crippen LogP contribution in [0.25, 0.3) is 0 Å². The van der Waals surface area contributed by atoms with Crippen LogP contribution < -0.4 is 10.2 Å². The topological polar surface area (TPSA) is 45.2 Å². The highest BCUT2D eigenvalue weighted by Gasteiger charge is 2.26. The molecule has 1 N–H and O–H groups in total. The predicted molar refractivity (Wildman–Crippen MR) is 108 cm³/mol. The smallest absolute Gasteiger partial charge is 0.258 e. The maximum Gasteiger partial charge on any atom is 0.258 e. The highest BCUT2D eigenvalue weighted by Crippen LogP contribution is 2.41. The highest BCUT2D eigenvalue weighted by atomic mass is 16.2. The van der Waals surface area contributed by atoms with Crippen LogP contribution in [0.1, 0.15) is 68.1 Å². The quantitative estimate of drug-likeness (QED) is 0.827. The summed E-state index contributed by atoms with van der Waals surface area (Å²) in [5, 5.41) is 3.19. The van der Waals surface area contributed by atoms with Crippen molar-refractivity contribution in [1.82, 2.24) is 4.98 Å². The van der Waals surface area contributed by atoms with E-state index in [2.05, 4.69) is 43.2 Å². The second-order valence-electron chi connectivity index (χ2n) is 8.07. The highest BCUT2D eigenvalue weighted by molar-refractivity contribution is 6.06. The van der Waals surface area contributed by atoms with Gasteiger partial charge in [0, 0.05) is 47.8 Å². The van der Waals surface area contributed by atoms with E-state index in [1.807, 2.05) is 37.1 Å². The molecule has 1 saturated carbocycles. The first-order valence-electron chi connectivity index (χ1n) is 9.44. The van der Waals surface area contributed by atoms with Gasteiger partial charge in [-0.1, -0.05) is 20.8 Å². The normalized spacial score (nSPS) is 14.2. The lowest BCUT2D eigenvalue weighted by Gasteiger charge is -2.24. The molecular formula is C22H29N3O. The average molecular weight is 351 g/mol. The third-order valence-electron chi connectivity index (χ3n) is 4.92. The zero-order valence-electron chi connectivity index (χ0n) is 16.5. The Bertz CT molecular complexity index is 803. The molecule has 0 spiro atoms. The van der Waals surface area contributed by atoms with Crippen molar-refractivity contribution in [2.75, 3.05) is 23.8 Å². The summed E-state index contributed by atoms with van der Waals surface area (Å²) >= 11 is 0. The number of hydrogen-bond donors (Lipinski definition) is 1. The minimum Gasteiger partial charge on any atom is -0.388 e. The second-order valence-corrected chi connectivity index (χ2v) is 8.07. The molecule has 0 radical (unpaired) electrons. The fourth-order valence-corrected chi connectivity index (χ4v) is 3.17. The Hall–Kier alpha value is -2.36. The summed E-state index contributed by atoms with van der Waals surface area (Å²) in [6.45, 7) is 9.04. The average Bonchev–Trinajstić information content (AvgIpc) is 3.46. The maximum absolute atomic E-state index is 13.3. The molecule has 1 aromatic heterocycles. The Labute approximate surface area is 156 Å². The van der Waals surface area contributed by atoms with Crippen LogP contribution in [0, 0.1) is 0 Å². The fourth-order valence-electron chi connectivity index (χ4n) is 3.17. The zero-order valence-corrected chi connectivity index (χ0v) is 16.5. The van der Waals surface area contributed by atoms with Gasteiger partial charge in [0.2, 0.25) is 0 Å². The number of carbonyl (C=O) groups is 1. The standard InChI is InChI=1S/C22H29N3O/c1-6-25(19-9-10-24-20(14-19)22(2,3)4)21(26)17-11-16(15-7-8-15)12-18(13-17)23-5/h9-15,23H,6-8H2,1-5H3. The molecule has 0 atom stereocenters. The molecule has 0 saturated heterocycles. The number of benzene rings is 1. The Balaban J connectivity index is 1.96. The summed E-state index contributed by atoms with van der Waals surface area (Å²) in [5.41, 5.74) is 4.85. The van der Waals surface area contributed by atoms with Gasteiger partial charge in [0.1, 0.15) is 0 Å². The first kappa shape index (κ1) is 18.4. The number of rotatable bonds is 5. The number of carbonyl (C=O) groups excluding carboxylic acids is 1. The number of aromatic nitrogens is 1. The Morgan fingerprint density at radius 2 is 1.96 bits per heavy atom. The summed E-state index contributed by atoms with van der Waals surface area (Å²) in [6.07, 6.45) is 4.24. The van der Waals surface area contributed by atoms with Gasteiger partial charge in [0.25, 0.3) is 5.91 Å². The van der Waals surface area contributed by atoms with Crippen molar-refractivity contribution in [3.8, 4) is 0 Å². The Kier molecular flexibility index (Phi) is 5.03. The first-order chi connectivity index (χ1) is 12.3. The fraction of sp³-hybridized carbons (Fsp3) is 0.455. The summed E-state index contributed by atoms with van der Waals surface area (Å²) in [5.74, 6) is 0.649. The van der Waals surface area contributed by atoms with Crippen LogP contribution >= 0.6 is 0 Å². The minimum atomic E-state index is -0.0519. The van der Waals surface area contributed by atoms with Crippen molar-refractivity contribution in [3.63, 3.8) is 0 Å². The Morgan fingerprint density at radius 3 is 2.54 bits per heavy atom. The van der Waals surface area contributed by atoms with E-state index in [-0.39, 0.29) is 11.3 Å². The van der Waals surface area contributed by atoms with Gasteiger partial charge in [-0.25, -0.2) is 0 Å². The Morgan fingerprint density at radius 1 is 1.23 bits per heavy atom. The van der Waals surface area contributed by atoms with E-state index in [0.717, 1.165) is 22.6 Å². The third kappa shape index (κ3) is 3.90. The molecule has 0 unspecified atom stereocenters. The number of pyridine rings is 1. The van der Waals surface area contributed by atoms with Gasteiger partial charge in [-0.05, 0) is 61.6 Å². The van der Waals surface area contributed by atoms with Crippen molar-refractivity contribution in [2.45, 2.75) is 51.9 Å². The van der Waals surface area contributed by atoms with E-state index in [1.54, 1.807) is 6.20 Å². The summed E-state index contributed by atoms with van der Waals surface area (Å²) in [4.78, 5) is 19.6. The molecule has 1 aromatic carbocycles. The molecule has 2 aromatic rings. The zero-order chi connectivity index (χ0) is 18.9. The van der Waals surface area contributed by atoms with Gasteiger partial charge >= 0.3 is 0 Å². The number of nitrogens with one attached hydrogen (secondary N) is 1. The van der Waals surface area contributed by atoms with Crippen molar-refractivity contribution in [1.29, 1.82) is 0 Å². The van der Waals surface area contributed by atoms with Gasteiger partial charge in [0.15, 0.2) is 0 Å². The van der Waals surface area contributed by atoms with Crippen LogP contribution in [-0.4, -0.2) is 24.5 Å². The summed E-state index contributed by atoms with van der Waals surface area (Å²) in [7, 11) is 1.90. The van der Waals surface area contributed by atoms with Crippen molar-refractivity contribution >= 4 is 17.3 Å². The lowest BCUT2D eigenvalue weighted by Crippen LogP contribution is -2.31. The molecule has 1 heterocycles. The molecule has 1 fully saturated rings. The molecule has 1 aliphatic carbocycles. The third-order valence-corrected chi connectivity index (χ3v) is 4.92. The van der Waals surface area contributed by atoms with E-state index >= 15 is 0 Å². The van der Waals surface area contributed by atoms with Gasteiger partial charge < -0.3 is 10.2 Å². The van der Waals surface area contributed by atoms with Crippen LogP contribution in [0.3, 0.4) is 0 Å². The van der Waals surface area contributed by atoms with Crippen LogP contribution in [0.2, 0.25) is 0 Å². The molecule has 0 aliphatic heterocycles. The van der Waals surface area contributed by atoms with Crippen LogP contribution in [0.5, 0.6) is 0 Å². The molecule has 3 rings (SSSR count). The van der Waals surface area contributed by atoms with E-state index in [1.165, 1.54) is 18.4 Å². The molecule has 0 bridgehead atoms. The molecule has 1 aliphatic rings. The SMILES string of the molecule is CCN(C(=O)c1cc(NC)cc(C2CC2)c1)c1ccnc(C(C)(C)C)c1. The van der Waals surface area contributed by atoms with Gasteiger partial charge in [-0.2, -0.15) is 0 Å². The van der Waals surface area contributed by atoms with Crippen LogP contribution in [0.15, 0.2) is 36.5 Å². The molecular weight excluding hydrogens is 322 g/mol. The van der Waals surface area contributed by atoms with E-state index < -0.39 is 0 Å². The lowest BCUT2D eigenvalue weighted by molar-refractivity contribution is 0.0988. The van der Waals surface area contributed by atoms with Crippen molar-refractivity contribution < 1.29 is 4.79 Å². The van der Waals surface area contributed by atoms with Gasteiger partial charge in [0.05, 0.1) is 0 Å². The minimum absolute atomic E-state index is 0.0394. The van der Waals surface area contributed by atoms with E-state index in [0.29, 0.717) is 12.5 Å². The first-order valence-corrected chi connectivity index (χ1v) is 9.44. The van der Waals surface area contributed by atoms with Crippen LogP contribution in [-0.2, 0) is 5.41 Å². The number of anilines is 2. The van der Waals surface area contributed by atoms with Crippen LogP contribution in [0.4, 0.5) is 11.4 Å². The number of hydrogen-bond acceptors (Lipinski definition) is 3. The van der Waals surface area contributed by atoms with Gasteiger partial charge in [-0.15, -0.1) is 0 Å². The summed E-state index contributed by atoms with van der Waals surface area (Å²) in [6, 6.07) is 10.1. The van der Waals surface area contributed by atoms with E-state index in [4.69, 9.17) is 0 Å². The molecule has 1 amide bonds. The molecule has 138 valence electrons. The van der Waals surface area contributed by atoms with Gasteiger partial charge in [-0.3, -0.25) is 9.78 Å². The second kappa shape index (κ2) is 7.10. The number of amides is 1. The number of nitrogens with zero attached hydrogens (tertiary/aromatic N) is 2. The molecule has 26 heavy (non-hydrogen) atoms. The lowest BCUT2D eigenvalue weighted by atomic mass is 9.91. The van der Waals surface area contributed by atoms with Crippen molar-refractivity contribution in [2.24, 2.45) is 0 Å². The monoisotopic (exact) mass is 351 g/mol. The molecule has 4 heteroatoms. The maximum atomic E-state index is 13.3. The van der Waals surface area contributed by atoms with Crippen molar-refractivity contribution in [3.05, 3.63) is 53.3 Å². The summed E-state index contributed by atoms with van der Waals surface area (Å²) < 4.78 is 0. The molecule has 4 nitrogen and oxygen atoms in total. The van der Waals surface area contributed by atoms with E-state index in [9.17, 15) is 4.79 Å².